The van der Waals surface area contributed by atoms with Crippen molar-refractivity contribution in [2.24, 2.45) is 0 Å². The largest absolute Gasteiger partial charge is 0.345 e. The molecule has 2 aromatic heterocycles. The standard InChI is InChI=1S/C19H23N5O2/c1-12-16-17(25)21-14-8-7-13(18(26)22(2)3)11-15(14)24(16)19(20-12)23-9-5-4-6-10-23/h7-8,11H,4-6,9-10H2,1-3H3,(H,21,25). The number of H-pyrrole nitrogens is 1. The number of piperidine rings is 1. The number of amides is 1. The Bertz CT molecular complexity index is 1060. The van der Waals surface area contributed by atoms with Gasteiger partial charge >= 0.3 is 0 Å². The lowest BCUT2D eigenvalue weighted by molar-refractivity contribution is 0.0827. The number of nitrogens with zero attached hydrogens (tertiary/aromatic N) is 4. The normalized spacial score (nSPS) is 15.0. The van der Waals surface area contributed by atoms with Gasteiger partial charge in [0, 0.05) is 32.7 Å². The molecule has 7 nitrogen and oxygen atoms in total. The van der Waals surface area contributed by atoms with Gasteiger partial charge in [-0.25, -0.2) is 4.98 Å². The first-order valence-corrected chi connectivity index (χ1v) is 8.99. The zero-order chi connectivity index (χ0) is 18.4. The minimum absolute atomic E-state index is 0.0670. The van der Waals surface area contributed by atoms with Crippen LogP contribution < -0.4 is 10.5 Å². The molecular weight excluding hydrogens is 330 g/mol. The molecule has 4 rings (SSSR count). The summed E-state index contributed by atoms with van der Waals surface area (Å²) in [4.78, 5) is 36.5. The van der Waals surface area contributed by atoms with Gasteiger partial charge < -0.3 is 14.8 Å². The van der Waals surface area contributed by atoms with Gasteiger partial charge in [-0.1, -0.05) is 0 Å². The molecular formula is C19H23N5O2. The summed E-state index contributed by atoms with van der Waals surface area (Å²) in [5.41, 5.74) is 3.19. The predicted molar refractivity (Wildman–Crippen MR) is 102 cm³/mol. The van der Waals surface area contributed by atoms with Gasteiger partial charge in [0.2, 0.25) is 5.95 Å². The number of carbonyl (C=O) groups is 1. The summed E-state index contributed by atoms with van der Waals surface area (Å²) in [7, 11) is 3.46. The van der Waals surface area contributed by atoms with Crippen LogP contribution in [0, 0.1) is 6.92 Å². The molecule has 136 valence electrons. The Morgan fingerprint density at radius 3 is 2.62 bits per heavy atom. The highest BCUT2D eigenvalue weighted by atomic mass is 16.2. The number of hydrogen-bond acceptors (Lipinski definition) is 4. The highest BCUT2D eigenvalue weighted by Crippen LogP contribution is 2.25. The molecule has 7 heteroatoms. The molecule has 1 aromatic carbocycles. The van der Waals surface area contributed by atoms with Gasteiger partial charge in [0.25, 0.3) is 11.5 Å². The van der Waals surface area contributed by atoms with E-state index < -0.39 is 0 Å². The number of benzene rings is 1. The fourth-order valence-corrected chi connectivity index (χ4v) is 3.71. The molecule has 26 heavy (non-hydrogen) atoms. The molecule has 3 heterocycles. The number of aromatic amines is 1. The molecule has 0 atom stereocenters. The van der Waals surface area contributed by atoms with Crippen LogP contribution in [0.5, 0.6) is 0 Å². The van der Waals surface area contributed by atoms with Crippen LogP contribution in [0.1, 0.15) is 35.3 Å². The quantitative estimate of drug-likeness (QED) is 0.766. The van der Waals surface area contributed by atoms with E-state index in [4.69, 9.17) is 4.98 Å². The lowest BCUT2D eigenvalue weighted by Crippen LogP contribution is -2.31. The maximum atomic E-state index is 12.6. The SMILES string of the molecule is Cc1nc(N2CCCCC2)n2c1c(=O)[nH]c1ccc(C(=O)N(C)C)cc12. The number of fused-ring (bicyclic) bond motifs is 3. The van der Waals surface area contributed by atoms with E-state index in [0.29, 0.717) is 22.3 Å². The van der Waals surface area contributed by atoms with E-state index in [1.165, 1.54) is 6.42 Å². The minimum Gasteiger partial charge on any atom is -0.345 e. The number of rotatable bonds is 2. The molecule has 0 bridgehead atoms. The summed E-state index contributed by atoms with van der Waals surface area (Å²) in [6.07, 6.45) is 3.47. The van der Waals surface area contributed by atoms with Gasteiger partial charge in [-0.05, 0) is 44.4 Å². The molecule has 1 amide bonds. The zero-order valence-corrected chi connectivity index (χ0v) is 15.4. The van der Waals surface area contributed by atoms with Crippen LogP contribution in [0.15, 0.2) is 23.0 Å². The summed E-state index contributed by atoms with van der Waals surface area (Å²) in [6.45, 7) is 3.73. The van der Waals surface area contributed by atoms with Crippen LogP contribution in [0.4, 0.5) is 5.95 Å². The van der Waals surface area contributed by atoms with Gasteiger partial charge in [0.05, 0.1) is 16.7 Å². The summed E-state index contributed by atoms with van der Waals surface area (Å²) in [5.74, 6) is 0.727. The van der Waals surface area contributed by atoms with Crippen molar-refractivity contribution in [1.82, 2.24) is 19.3 Å². The summed E-state index contributed by atoms with van der Waals surface area (Å²) in [5, 5.41) is 0. The van der Waals surface area contributed by atoms with Gasteiger partial charge in [0.15, 0.2) is 0 Å². The molecule has 0 spiro atoms. The van der Waals surface area contributed by atoms with Crippen molar-refractivity contribution >= 4 is 28.4 Å². The predicted octanol–water partition coefficient (Wildman–Crippen LogP) is 2.18. The Labute approximate surface area is 151 Å². The topological polar surface area (TPSA) is 73.7 Å². The summed E-state index contributed by atoms with van der Waals surface area (Å²) >= 11 is 0. The maximum Gasteiger partial charge on any atom is 0.274 e. The van der Waals surface area contributed by atoms with Crippen molar-refractivity contribution in [1.29, 1.82) is 0 Å². The summed E-state index contributed by atoms with van der Waals surface area (Å²) < 4.78 is 1.92. The number of aryl methyl sites for hydroxylation is 1. The highest BCUT2D eigenvalue weighted by molar-refractivity contribution is 5.97. The maximum absolute atomic E-state index is 12.6. The number of hydrogen-bond donors (Lipinski definition) is 1. The Morgan fingerprint density at radius 1 is 1.19 bits per heavy atom. The van der Waals surface area contributed by atoms with Crippen molar-refractivity contribution in [3.05, 3.63) is 39.8 Å². The van der Waals surface area contributed by atoms with Crippen LogP contribution in [0.3, 0.4) is 0 Å². The first-order chi connectivity index (χ1) is 12.5. The molecule has 1 aliphatic rings. The highest BCUT2D eigenvalue weighted by Gasteiger charge is 2.21. The second-order valence-corrected chi connectivity index (χ2v) is 7.11. The van der Waals surface area contributed by atoms with Crippen molar-refractivity contribution in [2.45, 2.75) is 26.2 Å². The number of aromatic nitrogens is 3. The second kappa shape index (κ2) is 6.16. The Morgan fingerprint density at radius 2 is 1.92 bits per heavy atom. The number of carbonyl (C=O) groups excluding carboxylic acids is 1. The van der Waals surface area contributed by atoms with Crippen LogP contribution in [-0.2, 0) is 0 Å². The van der Waals surface area contributed by atoms with Crippen molar-refractivity contribution in [3.63, 3.8) is 0 Å². The average molecular weight is 353 g/mol. The van der Waals surface area contributed by atoms with E-state index in [2.05, 4.69) is 9.88 Å². The molecule has 1 aliphatic heterocycles. The molecule has 1 fully saturated rings. The van der Waals surface area contributed by atoms with E-state index in [-0.39, 0.29) is 11.5 Å². The Balaban J connectivity index is 2.03. The minimum atomic E-state index is -0.155. The van der Waals surface area contributed by atoms with Crippen LogP contribution >= 0.6 is 0 Å². The van der Waals surface area contributed by atoms with Crippen LogP contribution in [-0.4, -0.2) is 52.4 Å². The van der Waals surface area contributed by atoms with E-state index in [0.717, 1.165) is 37.4 Å². The summed E-state index contributed by atoms with van der Waals surface area (Å²) in [6, 6.07) is 5.38. The number of nitrogens with one attached hydrogen (secondary N) is 1. The van der Waals surface area contributed by atoms with E-state index >= 15 is 0 Å². The molecule has 0 unspecified atom stereocenters. The van der Waals surface area contributed by atoms with Gasteiger partial charge in [-0.3, -0.25) is 14.0 Å². The smallest absolute Gasteiger partial charge is 0.274 e. The van der Waals surface area contributed by atoms with Crippen LogP contribution in [0.25, 0.3) is 16.6 Å². The zero-order valence-electron chi connectivity index (χ0n) is 15.4. The number of imidazole rings is 1. The molecule has 1 saturated heterocycles. The van der Waals surface area contributed by atoms with Crippen molar-refractivity contribution in [2.75, 3.05) is 32.1 Å². The average Bonchev–Trinajstić information content (AvgIpc) is 3.00. The van der Waals surface area contributed by atoms with Crippen molar-refractivity contribution in [3.8, 4) is 0 Å². The van der Waals surface area contributed by atoms with E-state index in [1.807, 2.05) is 17.4 Å². The second-order valence-electron chi connectivity index (χ2n) is 7.11. The number of anilines is 1. The fourth-order valence-electron chi connectivity index (χ4n) is 3.71. The van der Waals surface area contributed by atoms with Crippen LogP contribution in [0.2, 0.25) is 0 Å². The van der Waals surface area contributed by atoms with E-state index in [9.17, 15) is 9.59 Å². The molecule has 0 aliphatic carbocycles. The fraction of sp³-hybridized carbons (Fsp3) is 0.421. The first-order valence-electron chi connectivity index (χ1n) is 8.99. The third-order valence-corrected chi connectivity index (χ3v) is 5.03. The molecule has 0 saturated carbocycles. The molecule has 3 aromatic rings. The first kappa shape index (κ1) is 16.6. The monoisotopic (exact) mass is 353 g/mol. The third-order valence-electron chi connectivity index (χ3n) is 5.03. The van der Waals surface area contributed by atoms with Gasteiger partial charge in [-0.15, -0.1) is 0 Å². The lowest BCUT2D eigenvalue weighted by Gasteiger charge is -2.27. The third kappa shape index (κ3) is 2.55. The Kier molecular flexibility index (Phi) is 3.94. The van der Waals surface area contributed by atoms with Gasteiger partial charge in [0.1, 0.15) is 5.52 Å². The van der Waals surface area contributed by atoms with Crippen molar-refractivity contribution < 1.29 is 4.79 Å². The molecule has 0 radical (unpaired) electrons. The molecule has 1 N–H and O–H groups in total. The van der Waals surface area contributed by atoms with E-state index in [1.54, 1.807) is 31.1 Å². The van der Waals surface area contributed by atoms with Gasteiger partial charge in [-0.2, -0.15) is 0 Å². The Hall–Kier alpha value is -2.83. The lowest BCUT2D eigenvalue weighted by atomic mass is 10.1.